The average molecular weight is 327 g/mol. The summed E-state index contributed by atoms with van der Waals surface area (Å²) in [5.74, 6) is -0.0934. The van der Waals surface area contributed by atoms with Crippen LogP contribution in [0.4, 0.5) is 4.79 Å². The summed E-state index contributed by atoms with van der Waals surface area (Å²) in [5, 5.41) is 3.02. The van der Waals surface area contributed by atoms with Gasteiger partial charge in [0, 0.05) is 6.04 Å². The molecule has 0 bridgehead atoms. The number of benzene rings is 1. The van der Waals surface area contributed by atoms with Crippen molar-refractivity contribution in [3.63, 3.8) is 0 Å². The van der Waals surface area contributed by atoms with Crippen molar-refractivity contribution < 1.29 is 14.4 Å². The van der Waals surface area contributed by atoms with Crippen LogP contribution in [-0.4, -0.2) is 46.8 Å². The van der Waals surface area contributed by atoms with Crippen LogP contribution in [0.2, 0.25) is 0 Å². The third-order valence-corrected chi connectivity index (χ3v) is 4.94. The Kier molecular flexibility index (Phi) is 3.75. The molecule has 1 atom stereocenters. The van der Waals surface area contributed by atoms with Crippen molar-refractivity contribution in [3.8, 4) is 0 Å². The van der Waals surface area contributed by atoms with Crippen molar-refractivity contribution in [1.82, 2.24) is 15.1 Å². The highest BCUT2D eigenvalue weighted by Gasteiger charge is 2.44. The first-order valence-electron chi connectivity index (χ1n) is 8.59. The van der Waals surface area contributed by atoms with E-state index in [9.17, 15) is 14.4 Å². The molecule has 1 aromatic carbocycles. The number of hydrogen-bond donors (Lipinski definition) is 1. The Bertz CT molecular complexity index is 667. The molecule has 6 heteroatoms. The molecule has 3 fully saturated rings. The lowest BCUT2D eigenvalue weighted by Gasteiger charge is -2.21. The maximum Gasteiger partial charge on any atom is 0.327 e. The number of hydrogen-bond acceptors (Lipinski definition) is 3. The zero-order valence-corrected chi connectivity index (χ0v) is 13.5. The maximum atomic E-state index is 12.4. The van der Waals surface area contributed by atoms with Crippen LogP contribution in [0.1, 0.15) is 37.3 Å². The van der Waals surface area contributed by atoms with Gasteiger partial charge in [-0.1, -0.05) is 30.3 Å². The highest BCUT2D eigenvalue weighted by molar-refractivity contribution is 6.04. The summed E-state index contributed by atoms with van der Waals surface area (Å²) in [6.45, 7) is -0.0710. The van der Waals surface area contributed by atoms with Crippen LogP contribution >= 0.6 is 0 Å². The van der Waals surface area contributed by atoms with E-state index in [1.165, 1.54) is 0 Å². The summed E-state index contributed by atoms with van der Waals surface area (Å²) in [5.41, 5.74) is 1.08. The predicted octanol–water partition coefficient (Wildman–Crippen LogP) is 1.68. The highest BCUT2D eigenvalue weighted by Crippen LogP contribution is 2.41. The van der Waals surface area contributed by atoms with E-state index in [1.54, 1.807) is 4.90 Å². The molecule has 6 nitrogen and oxygen atoms in total. The lowest BCUT2D eigenvalue weighted by molar-refractivity contribution is -0.131. The summed E-state index contributed by atoms with van der Waals surface area (Å²) in [4.78, 5) is 39.4. The highest BCUT2D eigenvalue weighted by atomic mass is 16.2. The molecule has 4 amide bonds. The maximum absolute atomic E-state index is 12.4. The monoisotopic (exact) mass is 327 g/mol. The van der Waals surface area contributed by atoms with E-state index in [2.05, 4.69) is 5.32 Å². The molecular formula is C18H21N3O3. The minimum absolute atomic E-state index is 0.0361. The first-order chi connectivity index (χ1) is 11.6. The molecule has 0 aromatic heterocycles. The fourth-order valence-electron chi connectivity index (χ4n) is 3.31. The Morgan fingerprint density at radius 3 is 2.46 bits per heavy atom. The molecular weight excluding hydrogens is 306 g/mol. The molecule has 24 heavy (non-hydrogen) atoms. The van der Waals surface area contributed by atoms with Crippen LogP contribution in [0.15, 0.2) is 30.3 Å². The molecule has 126 valence electrons. The number of rotatable bonds is 6. The molecule has 1 unspecified atom stereocenters. The zero-order chi connectivity index (χ0) is 16.7. The number of urea groups is 1. The van der Waals surface area contributed by atoms with E-state index in [-0.39, 0.29) is 43.0 Å². The fraction of sp³-hybridized carbons (Fsp3) is 0.500. The Balaban J connectivity index is 1.40. The van der Waals surface area contributed by atoms with Gasteiger partial charge in [0.25, 0.3) is 5.91 Å². The number of carbonyl (C=O) groups excluding carboxylic acids is 3. The predicted molar refractivity (Wildman–Crippen MR) is 86.9 cm³/mol. The van der Waals surface area contributed by atoms with Gasteiger partial charge in [-0.2, -0.15) is 0 Å². The van der Waals surface area contributed by atoms with Crippen molar-refractivity contribution >= 4 is 17.8 Å². The normalized spacial score (nSPS) is 22.0. The van der Waals surface area contributed by atoms with Crippen molar-refractivity contribution in [2.45, 2.75) is 37.8 Å². The molecule has 0 spiro atoms. The number of imide groups is 1. The van der Waals surface area contributed by atoms with Crippen molar-refractivity contribution in [2.75, 3.05) is 13.1 Å². The molecule has 1 heterocycles. The molecule has 4 rings (SSSR count). The summed E-state index contributed by atoms with van der Waals surface area (Å²) in [6, 6.07) is 9.71. The Morgan fingerprint density at radius 2 is 1.83 bits per heavy atom. The second kappa shape index (κ2) is 5.92. The van der Waals surface area contributed by atoms with Crippen LogP contribution in [0.5, 0.6) is 0 Å². The molecule has 2 aliphatic carbocycles. The van der Waals surface area contributed by atoms with Gasteiger partial charge in [-0.05, 0) is 37.2 Å². The van der Waals surface area contributed by atoms with Gasteiger partial charge >= 0.3 is 6.03 Å². The van der Waals surface area contributed by atoms with E-state index >= 15 is 0 Å². The molecule has 2 saturated carbocycles. The van der Waals surface area contributed by atoms with Crippen molar-refractivity contribution in [2.24, 2.45) is 5.92 Å². The number of carbonyl (C=O) groups is 3. The fourth-order valence-corrected chi connectivity index (χ4v) is 3.31. The molecule has 1 N–H and O–H groups in total. The van der Waals surface area contributed by atoms with Gasteiger partial charge in [-0.15, -0.1) is 0 Å². The molecule has 0 radical (unpaired) electrons. The van der Waals surface area contributed by atoms with E-state index in [1.807, 2.05) is 30.3 Å². The molecule has 3 aliphatic rings. The van der Waals surface area contributed by atoms with E-state index in [0.29, 0.717) is 5.92 Å². The van der Waals surface area contributed by atoms with E-state index in [0.717, 1.165) is 36.1 Å². The topological polar surface area (TPSA) is 69.7 Å². The van der Waals surface area contributed by atoms with Gasteiger partial charge in [-0.25, -0.2) is 4.79 Å². The van der Waals surface area contributed by atoms with Crippen molar-refractivity contribution in [1.29, 1.82) is 0 Å². The second-order valence-electron chi connectivity index (χ2n) is 6.91. The first kappa shape index (κ1) is 15.2. The number of nitrogens with one attached hydrogen (secondary N) is 1. The lowest BCUT2D eigenvalue weighted by Crippen LogP contribution is -2.43. The Morgan fingerprint density at radius 1 is 1.12 bits per heavy atom. The minimum Gasteiger partial charge on any atom is -0.347 e. The van der Waals surface area contributed by atoms with Crippen molar-refractivity contribution in [3.05, 3.63) is 35.9 Å². The Labute approximate surface area is 140 Å². The lowest BCUT2D eigenvalue weighted by atomic mass is 10.0. The third-order valence-electron chi connectivity index (χ3n) is 4.94. The van der Waals surface area contributed by atoms with Crippen LogP contribution < -0.4 is 5.32 Å². The van der Waals surface area contributed by atoms with Gasteiger partial charge < -0.3 is 10.2 Å². The summed E-state index contributed by atoms with van der Waals surface area (Å²) in [7, 11) is 0. The minimum atomic E-state index is -0.319. The molecule has 1 aromatic rings. The number of amides is 4. The average Bonchev–Trinajstić information content (AvgIpc) is 3.47. The van der Waals surface area contributed by atoms with E-state index in [4.69, 9.17) is 0 Å². The second-order valence-corrected chi connectivity index (χ2v) is 6.91. The summed E-state index contributed by atoms with van der Waals surface area (Å²) >= 11 is 0. The molecule has 1 saturated heterocycles. The van der Waals surface area contributed by atoms with Gasteiger partial charge in [0.15, 0.2) is 0 Å². The van der Waals surface area contributed by atoms with Gasteiger partial charge in [0.05, 0.1) is 6.04 Å². The summed E-state index contributed by atoms with van der Waals surface area (Å²) < 4.78 is 0. The number of nitrogens with zero attached hydrogens (tertiary/aromatic N) is 2. The van der Waals surface area contributed by atoms with Crippen LogP contribution in [-0.2, 0) is 9.59 Å². The van der Waals surface area contributed by atoms with Crippen LogP contribution in [0.25, 0.3) is 0 Å². The third kappa shape index (κ3) is 3.00. The molecule has 1 aliphatic heterocycles. The summed E-state index contributed by atoms with van der Waals surface area (Å²) in [6.07, 6.45) is 4.10. The standard InChI is InChI=1S/C18H21N3O3/c22-15(10-21-16(23)11-20(18(21)24)14-8-9-14)19-17(13-6-7-13)12-4-2-1-3-5-12/h1-5,13-14,17H,6-11H2,(H,19,22). The van der Waals surface area contributed by atoms with Gasteiger partial charge in [-0.3, -0.25) is 14.5 Å². The van der Waals surface area contributed by atoms with Crippen LogP contribution in [0, 0.1) is 5.92 Å². The first-order valence-corrected chi connectivity index (χ1v) is 8.59. The van der Waals surface area contributed by atoms with Gasteiger partial charge in [0.1, 0.15) is 13.1 Å². The Hall–Kier alpha value is -2.37. The largest absolute Gasteiger partial charge is 0.347 e. The van der Waals surface area contributed by atoms with Crippen LogP contribution in [0.3, 0.4) is 0 Å². The smallest absolute Gasteiger partial charge is 0.327 e. The quantitative estimate of drug-likeness (QED) is 0.808. The van der Waals surface area contributed by atoms with Gasteiger partial charge in [0.2, 0.25) is 5.91 Å². The SMILES string of the molecule is O=C(CN1C(=O)CN(C2CC2)C1=O)NC(c1ccccc1)C1CC1. The van der Waals surface area contributed by atoms with E-state index < -0.39 is 0 Å². The zero-order valence-electron chi connectivity index (χ0n) is 13.5.